The number of benzene rings is 2. The highest BCUT2D eigenvalue weighted by atomic mass is 35.5. The molecule has 2 aromatic carbocycles. The molecule has 1 N–H and O–H groups in total. The van der Waals surface area contributed by atoms with Gasteiger partial charge in [0.2, 0.25) is 0 Å². The fraction of sp³-hybridized carbons (Fsp3) is 0.514. The quantitative estimate of drug-likeness (QED) is 0.264. The van der Waals surface area contributed by atoms with E-state index in [1.807, 2.05) is 20.0 Å². The van der Waals surface area contributed by atoms with E-state index in [1.54, 1.807) is 11.8 Å². The molecular formula is C35H41ClF4N6O7S. The monoisotopic (exact) mass is 800 g/mol. The maximum Gasteiger partial charge on any atom is 0.405 e. The van der Waals surface area contributed by atoms with Gasteiger partial charge in [0, 0.05) is 70.6 Å². The zero-order valence-electron chi connectivity index (χ0n) is 30.3. The molecule has 0 spiro atoms. The molecule has 2 fully saturated rings. The standard InChI is InChI=1S/C35H41ClF4N6O7S/c1-19-27(44-12-11-43(4)20(16-44)18-52-5)15-25(36)30-21-8-10-45(17-24(21)34(49)53-31(19)30)33(48)22-14-28(42(2)3)23(13-26(22)37)32(47)41-54(50,51)46-9-6-7-29(46)35(38,39)40/h13-15,20,29H,6-12,16-18H2,1-5H3,(H,41,47)/t20-,29+/m1/s1. The van der Waals surface area contributed by atoms with Gasteiger partial charge in [-0.3, -0.25) is 14.5 Å². The SMILES string of the molecule is COC[C@H]1CN(c2cc(Cl)c3c4c(c(=O)oc3c2C)CN(C(=O)c2cc(N(C)C)c(C(=O)NS(=O)(=O)N3CCC[C@H]3C(F)(F)F)cc2F)CC4)CCN1C. The summed E-state index contributed by atoms with van der Waals surface area (Å²) in [6.07, 6.45) is -5.18. The number of piperazine rings is 1. The van der Waals surface area contributed by atoms with Crippen molar-refractivity contribution in [3.8, 4) is 0 Å². The Morgan fingerprint density at radius 1 is 1.09 bits per heavy atom. The van der Waals surface area contributed by atoms with Crippen LogP contribution >= 0.6 is 11.6 Å². The Morgan fingerprint density at radius 3 is 2.48 bits per heavy atom. The molecule has 0 saturated carbocycles. The van der Waals surface area contributed by atoms with Gasteiger partial charge >= 0.3 is 22.0 Å². The van der Waals surface area contributed by atoms with Crippen LogP contribution in [0.3, 0.4) is 0 Å². The van der Waals surface area contributed by atoms with Crippen molar-refractivity contribution in [2.45, 2.75) is 51.0 Å². The summed E-state index contributed by atoms with van der Waals surface area (Å²) in [6, 6.07) is 1.42. The second kappa shape index (κ2) is 14.9. The number of methoxy groups -OCH3 is 1. The molecule has 2 saturated heterocycles. The molecule has 294 valence electrons. The summed E-state index contributed by atoms with van der Waals surface area (Å²) in [4.78, 5) is 47.5. The highest BCUT2D eigenvalue weighted by molar-refractivity contribution is 7.87. The van der Waals surface area contributed by atoms with Gasteiger partial charge in [-0.15, -0.1) is 0 Å². The number of hydrogen-bond acceptors (Lipinski definition) is 10. The van der Waals surface area contributed by atoms with Crippen LogP contribution in [0.1, 0.15) is 50.2 Å². The van der Waals surface area contributed by atoms with Crippen molar-refractivity contribution in [3.63, 3.8) is 0 Å². The van der Waals surface area contributed by atoms with Gasteiger partial charge in [0.25, 0.3) is 11.8 Å². The van der Waals surface area contributed by atoms with Crippen molar-refractivity contribution in [3.05, 3.63) is 67.3 Å². The third-order valence-corrected chi connectivity index (χ3v) is 12.3. The summed E-state index contributed by atoms with van der Waals surface area (Å²) < 4.78 is 95.0. The van der Waals surface area contributed by atoms with E-state index >= 15 is 4.39 Å². The van der Waals surface area contributed by atoms with Crippen LogP contribution in [-0.2, 0) is 27.9 Å². The van der Waals surface area contributed by atoms with E-state index in [0.29, 0.717) is 40.8 Å². The number of nitrogens with one attached hydrogen (secondary N) is 1. The lowest BCUT2D eigenvalue weighted by atomic mass is 9.94. The third-order valence-electron chi connectivity index (χ3n) is 10.5. The van der Waals surface area contributed by atoms with Gasteiger partial charge in [0.05, 0.1) is 46.6 Å². The first-order valence-electron chi connectivity index (χ1n) is 17.3. The van der Waals surface area contributed by atoms with Crippen molar-refractivity contribution >= 4 is 56.0 Å². The van der Waals surface area contributed by atoms with E-state index in [9.17, 15) is 36.0 Å². The molecule has 13 nitrogen and oxygen atoms in total. The first-order chi connectivity index (χ1) is 25.3. The predicted octanol–water partition coefficient (Wildman–Crippen LogP) is 3.93. The molecule has 2 atom stereocenters. The minimum absolute atomic E-state index is 0.0621. The Labute approximate surface area is 314 Å². The van der Waals surface area contributed by atoms with Crippen molar-refractivity contribution in [2.24, 2.45) is 0 Å². The minimum Gasteiger partial charge on any atom is -0.422 e. The first kappa shape index (κ1) is 39.7. The highest BCUT2D eigenvalue weighted by Gasteiger charge is 2.50. The number of carbonyl (C=O) groups excluding carboxylic acids is 2. The van der Waals surface area contributed by atoms with Crippen molar-refractivity contribution in [1.29, 1.82) is 0 Å². The molecule has 3 aromatic rings. The van der Waals surface area contributed by atoms with E-state index in [0.717, 1.165) is 30.4 Å². The maximum atomic E-state index is 15.7. The minimum atomic E-state index is -4.97. The predicted molar refractivity (Wildman–Crippen MR) is 194 cm³/mol. The van der Waals surface area contributed by atoms with Crippen molar-refractivity contribution in [2.75, 3.05) is 77.4 Å². The Hall–Kier alpha value is -3.97. The van der Waals surface area contributed by atoms with Gasteiger partial charge in [-0.1, -0.05) is 11.6 Å². The lowest BCUT2D eigenvalue weighted by Gasteiger charge is -2.41. The van der Waals surface area contributed by atoms with Crippen LogP contribution in [-0.4, -0.2) is 120 Å². The molecule has 0 unspecified atom stereocenters. The van der Waals surface area contributed by atoms with Gasteiger partial charge in [-0.25, -0.2) is 13.9 Å². The lowest BCUT2D eigenvalue weighted by molar-refractivity contribution is -0.165. The average molecular weight is 801 g/mol. The summed E-state index contributed by atoms with van der Waals surface area (Å²) in [5.74, 6) is -3.37. The number of halogens is 5. The van der Waals surface area contributed by atoms with E-state index < -0.39 is 69.8 Å². The number of nitrogens with zero attached hydrogens (tertiary/aromatic N) is 5. The number of carbonyl (C=O) groups is 2. The number of alkyl halides is 3. The molecule has 0 aliphatic carbocycles. The Morgan fingerprint density at radius 2 is 1.81 bits per heavy atom. The van der Waals surface area contributed by atoms with Crippen molar-refractivity contribution in [1.82, 2.24) is 18.8 Å². The molecule has 6 rings (SSSR count). The van der Waals surface area contributed by atoms with Crippen LogP contribution < -0.4 is 20.1 Å². The molecule has 3 aliphatic rings. The molecule has 3 aliphatic heterocycles. The lowest BCUT2D eigenvalue weighted by Crippen LogP contribution is -2.53. The molecule has 2 amide bonds. The summed E-state index contributed by atoms with van der Waals surface area (Å²) in [7, 11) is 1.64. The number of likely N-dealkylation sites (N-methyl/N-ethyl adjacent to an activating group) is 1. The second-order valence-corrected chi connectivity index (χ2v) is 16.1. The Bertz CT molecular complexity index is 2170. The summed E-state index contributed by atoms with van der Waals surface area (Å²) in [5.41, 5.74) is 0.988. The molecule has 0 bridgehead atoms. The number of amides is 2. The largest absolute Gasteiger partial charge is 0.422 e. The van der Waals surface area contributed by atoms with Gasteiger partial charge in [-0.2, -0.15) is 25.9 Å². The van der Waals surface area contributed by atoms with E-state index in [2.05, 4.69) is 9.80 Å². The number of fused-ring (bicyclic) bond motifs is 3. The zero-order valence-corrected chi connectivity index (χ0v) is 31.9. The third kappa shape index (κ3) is 7.37. The zero-order chi connectivity index (χ0) is 39.4. The Kier molecular flexibility index (Phi) is 11.0. The smallest absolute Gasteiger partial charge is 0.405 e. The second-order valence-electron chi connectivity index (χ2n) is 14.1. The van der Waals surface area contributed by atoms with Crippen LogP contribution in [0.4, 0.5) is 28.9 Å². The van der Waals surface area contributed by atoms with E-state index in [-0.39, 0.29) is 47.5 Å². The van der Waals surface area contributed by atoms with Crippen LogP contribution in [0.15, 0.2) is 27.4 Å². The fourth-order valence-electron chi connectivity index (χ4n) is 7.58. The molecular weight excluding hydrogens is 760 g/mol. The Balaban J connectivity index is 1.26. The van der Waals surface area contributed by atoms with E-state index in [1.165, 1.54) is 23.9 Å². The van der Waals surface area contributed by atoms with Crippen molar-refractivity contribution < 1.29 is 44.7 Å². The van der Waals surface area contributed by atoms with Crippen LogP contribution in [0.2, 0.25) is 5.02 Å². The topological polar surface area (TPSA) is 136 Å². The van der Waals surface area contributed by atoms with Crippen LogP contribution in [0.25, 0.3) is 11.0 Å². The summed E-state index contributed by atoms with van der Waals surface area (Å²) in [5, 5.41) is 0.938. The molecule has 1 aromatic heterocycles. The number of anilines is 2. The summed E-state index contributed by atoms with van der Waals surface area (Å²) >= 11 is 6.89. The number of rotatable bonds is 8. The van der Waals surface area contributed by atoms with Gasteiger partial charge in [0.15, 0.2) is 0 Å². The normalized spacial score (nSPS) is 20.0. The summed E-state index contributed by atoms with van der Waals surface area (Å²) in [6.45, 7) is 3.99. The fourth-order valence-corrected chi connectivity index (χ4v) is 9.27. The van der Waals surface area contributed by atoms with Crippen LogP contribution in [0.5, 0.6) is 0 Å². The molecule has 0 radical (unpaired) electrons. The first-order valence-corrected chi connectivity index (χ1v) is 19.1. The highest BCUT2D eigenvalue weighted by Crippen LogP contribution is 2.39. The van der Waals surface area contributed by atoms with Gasteiger partial charge < -0.3 is 23.9 Å². The van der Waals surface area contributed by atoms with Gasteiger partial charge in [-0.05, 0) is 57.0 Å². The number of ether oxygens (including phenoxy) is 1. The van der Waals surface area contributed by atoms with E-state index in [4.69, 9.17) is 20.8 Å². The maximum absolute atomic E-state index is 15.7. The number of aryl methyl sites for hydroxylation is 1. The molecule has 4 heterocycles. The molecule has 19 heteroatoms. The van der Waals surface area contributed by atoms with Gasteiger partial charge in [0.1, 0.15) is 17.4 Å². The molecule has 54 heavy (non-hydrogen) atoms. The van der Waals surface area contributed by atoms with Crippen LogP contribution in [0, 0.1) is 12.7 Å². The average Bonchev–Trinajstić information content (AvgIpc) is 3.63. The number of hydrogen-bond donors (Lipinski definition) is 1.